The average molecular weight is 400 g/mol. The molecule has 29 heavy (non-hydrogen) atoms. The first-order valence-corrected chi connectivity index (χ1v) is 9.14. The zero-order valence-corrected chi connectivity index (χ0v) is 15.4. The normalized spacial score (nSPS) is 20.1. The number of nitrogens with two attached hydrogens (primary N) is 1. The molecule has 0 saturated carbocycles. The zero-order chi connectivity index (χ0) is 20.6. The molecule has 1 aromatic heterocycles. The summed E-state index contributed by atoms with van der Waals surface area (Å²) in [7, 11) is 0. The molecule has 1 aliphatic rings. The molecule has 2 aromatic carbocycles. The third-order valence-electron chi connectivity index (χ3n) is 5.19. The van der Waals surface area contributed by atoms with Gasteiger partial charge in [-0.05, 0) is 30.3 Å². The predicted octanol–water partition coefficient (Wildman–Crippen LogP) is 3.11. The summed E-state index contributed by atoms with van der Waals surface area (Å²) in [4.78, 5) is 18.8. The Kier molecular flexibility index (Phi) is 4.76. The van der Waals surface area contributed by atoms with Crippen molar-refractivity contribution in [2.24, 2.45) is 5.73 Å². The maximum atomic E-state index is 13.2. The Hall–Kier alpha value is -2.97. The first-order chi connectivity index (χ1) is 13.8. The molecule has 1 unspecified atom stereocenters. The molecule has 8 heteroatoms. The van der Waals surface area contributed by atoms with Crippen LogP contribution in [-0.2, 0) is 11.8 Å². The molecule has 0 spiro atoms. The lowest BCUT2D eigenvalue weighted by molar-refractivity contribution is -0.137. The number of carbonyl (C=O) groups excluding carboxylic acids is 1. The van der Waals surface area contributed by atoms with Crippen LogP contribution in [0.5, 0.6) is 0 Å². The van der Waals surface area contributed by atoms with Gasteiger partial charge in [0.1, 0.15) is 5.66 Å². The number of rotatable bonds is 2. The number of hydrogen-bond acceptors (Lipinski definition) is 4. The molecule has 1 amide bonds. The van der Waals surface area contributed by atoms with Crippen molar-refractivity contribution in [2.75, 3.05) is 19.6 Å². The van der Waals surface area contributed by atoms with Crippen molar-refractivity contribution in [3.63, 3.8) is 0 Å². The maximum absolute atomic E-state index is 13.2. The predicted molar refractivity (Wildman–Crippen MR) is 103 cm³/mol. The molecule has 2 heterocycles. The van der Waals surface area contributed by atoms with E-state index in [0.29, 0.717) is 29.6 Å². The van der Waals surface area contributed by atoms with Crippen LogP contribution in [0.15, 0.2) is 60.8 Å². The van der Waals surface area contributed by atoms with Crippen molar-refractivity contribution in [2.45, 2.75) is 11.8 Å². The highest BCUT2D eigenvalue weighted by Gasteiger charge is 2.41. The second-order valence-electron chi connectivity index (χ2n) is 7.01. The summed E-state index contributed by atoms with van der Waals surface area (Å²) in [6, 6.07) is 13.8. The molecular weight excluding hydrogens is 381 g/mol. The molecule has 0 bridgehead atoms. The Morgan fingerprint density at radius 3 is 2.62 bits per heavy atom. The number of fused-ring (bicyclic) bond motifs is 1. The van der Waals surface area contributed by atoms with Crippen LogP contribution in [0.4, 0.5) is 13.2 Å². The SMILES string of the molecule is NC1(c2ccnc3cc(C(F)(F)F)ccc23)CNCCN1C(=O)c1ccccc1. The van der Waals surface area contributed by atoms with Crippen molar-refractivity contribution < 1.29 is 18.0 Å². The quantitative estimate of drug-likeness (QED) is 0.694. The van der Waals surface area contributed by atoms with Crippen LogP contribution in [0, 0.1) is 0 Å². The van der Waals surface area contributed by atoms with Crippen LogP contribution < -0.4 is 11.1 Å². The van der Waals surface area contributed by atoms with E-state index in [1.807, 2.05) is 6.07 Å². The van der Waals surface area contributed by atoms with Gasteiger partial charge in [-0.2, -0.15) is 13.2 Å². The average Bonchev–Trinajstić information content (AvgIpc) is 2.72. The molecule has 1 fully saturated rings. The lowest BCUT2D eigenvalue weighted by Crippen LogP contribution is -2.65. The van der Waals surface area contributed by atoms with Gasteiger partial charge in [0.05, 0.1) is 11.1 Å². The molecule has 4 rings (SSSR count). The van der Waals surface area contributed by atoms with Gasteiger partial charge in [0.2, 0.25) is 0 Å². The Labute approximate surface area is 165 Å². The Bertz CT molecular complexity index is 1050. The number of halogens is 3. The van der Waals surface area contributed by atoms with Gasteiger partial charge in [-0.3, -0.25) is 9.78 Å². The second kappa shape index (κ2) is 7.13. The summed E-state index contributed by atoms with van der Waals surface area (Å²) < 4.78 is 39.3. The van der Waals surface area contributed by atoms with E-state index in [1.165, 1.54) is 12.3 Å². The monoisotopic (exact) mass is 400 g/mol. The molecule has 3 aromatic rings. The number of amides is 1. The van der Waals surface area contributed by atoms with E-state index in [4.69, 9.17) is 5.73 Å². The van der Waals surface area contributed by atoms with E-state index in [0.717, 1.165) is 12.1 Å². The van der Waals surface area contributed by atoms with E-state index >= 15 is 0 Å². The van der Waals surface area contributed by atoms with Gasteiger partial charge in [-0.15, -0.1) is 0 Å². The van der Waals surface area contributed by atoms with Crippen LogP contribution in [0.3, 0.4) is 0 Å². The lowest BCUT2D eigenvalue weighted by atomic mass is 9.91. The summed E-state index contributed by atoms with van der Waals surface area (Å²) in [6.07, 6.45) is -3.04. The summed E-state index contributed by atoms with van der Waals surface area (Å²) in [5, 5.41) is 3.68. The van der Waals surface area contributed by atoms with Crippen LogP contribution in [0.1, 0.15) is 21.5 Å². The van der Waals surface area contributed by atoms with Gasteiger partial charge < -0.3 is 16.0 Å². The fraction of sp³-hybridized carbons (Fsp3) is 0.238. The standard InChI is InChI=1S/C21H19F3N4O/c22-21(23,24)15-6-7-16-17(8-9-27-18(16)12-15)20(25)13-26-10-11-28(20)19(29)14-4-2-1-3-5-14/h1-9,12,26H,10-11,13,25H2. The van der Waals surface area contributed by atoms with Crippen molar-refractivity contribution in [3.05, 3.63) is 77.5 Å². The number of hydrogen-bond donors (Lipinski definition) is 2. The largest absolute Gasteiger partial charge is 0.416 e. The number of nitrogens with zero attached hydrogens (tertiary/aromatic N) is 2. The smallest absolute Gasteiger partial charge is 0.314 e. The van der Waals surface area contributed by atoms with Crippen molar-refractivity contribution in [1.82, 2.24) is 15.2 Å². The van der Waals surface area contributed by atoms with Crippen molar-refractivity contribution in [1.29, 1.82) is 0 Å². The van der Waals surface area contributed by atoms with Crippen molar-refractivity contribution in [3.8, 4) is 0 Å². The van der Waals surface area contributed by atoms with E-state index in [-0.39, 0.29) is 18.0 Å². The molecule has 3 N–H and O–H groups in total. The van der Waals surface area contributed by atoms with Crippen LogP contribution in [0.25, 0.3) is 10.9 Å². The lowest BCUT2D eigenvalue weighted by Gasteiger charge is -2.45. The van der Waals surface area contributed by atoms with Gasteiger partial charge in [0.15, 0.2) is 0 Å². The summed E-state index contributed by atoms with van der Waals surface area (Å²) in [5.41, 5.74) is 5.97. The number of nitrogens with one attached hydrogen (secondary N) is 1. The minimum Gasteiger partial charge on any atom is -0.314 e. The van der Waals surface area contributed by atoms with Crippen molar-refractivity contribution >= 4 is 16.8 Å². The van der Waals surface area contributed by atoms with Crippen LogP contribution >= 0.6 is 0 Å². The highest BCUT2D eigenvalue weighted by Crippen LogP contribution is 2.35. The molecule has 150 valence electrons. The van der Waals surface area contributed by atoms with Crippen LogP contribution in [-0.4, -0.2) is 35.4 Å². The number of alkyl halides is 3. The van der Waals surface area contributed by atoms with E-state index in [1.54, 1.807) is 35.2 Å². The van der Waals surface area contributed by atoms with E-state index in [2.05, 4.69) is 10.3 Å². The molecule has 1 atom stereocenters. The minimum absolute atomic E-state index is 0.180. The Balaban J connectivity index is 1.82. The molecule has 1 saturated heterocycles. The number of piperazine rings is 1. The fourth-order valence-corrected chi connectivity index (χ4v) is 3.73. The molecule has 0 radical (unpaired) electrons. The number of aromatic nitrogens is 1. The highest BCUT2D eigenvalue weighted by molar-refractivity contribution is 5.95. The maximum Gasteiger partial charge on any atom is 0.416 e. The topological polar surface area (TPSA) is 71.2 Å². The summed E-state index contributed by atoms with van der Waals surface area (Å²) in [6.45, 7) is 1.21. The Morgan fingerprint density at radius 1 is 1.14 bits per heavy atom. The van der Waals surface area contributed by atoms with Gasteiger partial charge >= 0.3 is 6.18 Å². The van der Waals surface area contributed by atoms with Gasteiger partial charge in [-0.1, -0.05) is 24.3 Å². The molecule has 5 nitrogen and oxygen atoms in total. The summed E-state index contributed by atoms with van der Waals surface area (Å²) >= 11 is 0. The highest BCUT2D eigenvalue weighted by atomic mass is 19.4. The summed E-state index contributed by atoms with van der Waals surface area (Å²) in [5.74, 6) is -0.230. The molecular formula is C21H19F3N4O. The first kappa shape index (κ1) is 19.4. The van der Waals surface area contributed by atoms with E-state index < -0.39 is 17.4 Å². The Morgan fingerprint density at radius 2 is 1.90 bits per heavy atom. The second-order valence-corrected chi connectivity index (χ2v) is 7.01. The van der Waals surface area contributed by atoms with E-state index in [9.17, 15) is 18.0 Å². The third kappa shape index (κ3) is 3.45. The van der Waals surface area contributed by atoms with Gasteiger partial charge in [0, 0.05) is 42.3 Å². The fourth-order valence-electron chi connectivity index (χ4n) is 3.73. The number of carbonyl (C=O) groups is 1. The number of pyridine rings is 1. The first-order valence-electron chi connectivity index (χ1n) is 9.14. The minimum atomic E-state index is -4.46. The molecule has 0 aliphatic carbocycles. The third-order valence-corrected chi connectivity index (χ3v) is 5.19. The number of benzene rings is 2. The van der Waals surface area contributed by atoms with Crippen LogP contribution in [0.2, 0.25) is 0 Å². The van der Waals surface area contributed by atoms with Gasteiger partial charge in [0.25, 0.3) is 5.91 Å². The van der Waals surface area contributed by atoms with Gasteiger partial charge in [-0.25, -0.2) is 0 Å². The zero-order valence-electron chi connectivity index (χ0n) is 15.4. The molecule has 1 aliphatic heterocycles.